The van der Waals surface area contributed by atoms with Crippen LogP contribution in [0.4, 0.5) is 13.2 Å². The summed E-state index contributed by atoms with van der Waals surface area (Å²) in [7, 11) is 1.49. The Morgan fingerprint density at radius 1 is 1.10 bits per heavy atom. The maximum Gasteiger partial charge on any atom is 0.418 e. The number of nitroso groups, excluding NO2 is 1. The number of benzene rings is 2. The van der Waals surface area contributed by atoms with Gasteiger partial charge in [-0.25, -0.2) is 0 Å². The number of H-pyrrole nitrogens is 1. The van der Waals surface area contributed by atoms with Crippen molar-refractivity contribution in [3.8, 4) is 16.9 Å². The smallest absolute Gasteiger partial charge is 0.418 e. The third kappa shape index (κ3) is 3.17. The summed E-state index contributed by atoms with van der Waals surface area (Å²) in [5, 5.41) is 5.48. The third-order valence-electron chi connectivity index (χ3n) is 4.71. The highest BCUT2D eigenvalue weighted by Gasteiger charge is 2.42. The van der Waals surface area contributed by atoms with Gasteiger partial charge < -0.3 is 9.72 Å². The third-order valence-corrected chi connectivity index (χ3v) is 5.62. The fourth-order valence-electron chi connectivity index (χ4n) is 3.43. The summed E-state index contributed by atoms with van der Waals surface area (Å²) in [6, 6.07) is 8.23. The van der Waals surface area contributed by atoms with Crippen molar-refractivity contribution in [2.24, 2.45) is 5.18 Å². The molecule has 9 heteroatoms. The molecule has 148 valence electrons. The molecule has 0 aliphatic carbocycles. The van der Waals surface area contributed by atoms with Crippen LogP contribution in [0.1, 0.15) is 11.6 Å². The highest BCUT2D eigenvalue weighted by atomic mass is 32.1. The van der Waals surface area contributed by atoms with Gasteiger partial charge in [0.25, 0.3) is 5.56 Å². The van der Waals surface area contributed by atoms with E-state index in [9.17, 15) is 22.9 Å². The first-order chi connectivity index (χ1) is 13.8. The topological polar surface area (TPSA) is 71.5 Å². The number of nitrogens with zero attached hydrogens (tertiary/aromatic N) is 1. The largest absolute Gasteiger partial charge is 0.496 e. The summed E-state index contributed by atoms with van der Waals surface area (Å²) in [6.45, 7) is 0. The first-order valence-corrected chi connectivity index (χ1v) is 9.33. The SMILES string of the molecule is COc1ccc2[nH]c(=O)c3sccc3c2c1-c1ccc(C(N=O)C(F)(F)F)cc1. The van der Waals surface area contributed by atoms with Gasteiger partial charge in [0.05, 0.1) is 7.11 Å². The molecule has 0 spiro atoms. The zero-order chi connectivity index (χ0) is 20.8. The van der Waals surface area contributed by atoms with E-state index >= 15 is 0 Å². The monoisotopic (exact) mass is 418 g/mol. The molecule has 1 unspecified atom stereocenters. The van der Waals surface area contributed by atoms with E-state index in [0.29, 0.717) is 27.1 Å². The van der Waals surface area contributed by atoms with Crippen molar-refractivity contribution >= 4 is 32.3 Å². The summed E-state index contributed by atoms with van der Waals surface area (Å²) in [6.07, 6.45) is -4.76. The Kier molecular flexibility index (Phi) is 4.62. The fraction of sp³-hybridized carbons (Fsp3) is 0.150. The van der Waals surface area contributed by atoms with Crippen molar-refractivity contribution in [3.05, 3.63) is 68.7 Å². The number of hydrogen-bond donors (Lipinski definition) is 1. The maximum absolute atomic E-state index is 13.0. The van der Waals surface area contributed by atoms with Gasteiger partial charge in [0, 0.05) is 21.9 Å². The molecular formula is C20H13F3N2O3S. The van der Waals surface area contributed by atoms with Crippen LogP contribution in [0, 0.1) is 4.91 Å². The molecular weight excluding hydrogens is 405 g/mol. The molecule has 0 radical (unpaired) electrons. The lowest BCUT2D eigenvalue weighted by molar-refractivity contribution is -0.148. The van der Waals surface area contributed by atoms with E-state index in [0.717, 1.165) is 10.8 Å². The van der Waals surface area contributed by atoms with Crippen molar-refractivity contribution in [1.29, 1.82) is 0 Å². The lowest BCUT2D eigenvalue weighted by Gasteiger charge is -2.16. The number of fused-ring (bicyclic) bond motifs is 3. The van der Waals surface area contributed by atoms with Gasteiger partial charge in [0.15, 0.2) is 0 Å². The summed E-state index contributed by atoms with van der Waals surface area (Å²) in [4.78, 5) is 25.8. The van der Waals surface area contributed by atoms with Gasteiger partial charge >= 0.3 is 6.18 Å². The van der Waals surface area contributed by atoms with Crippen molar-refractivity contribution in [1.82, 2.24) is 4.98 Å². The first kappa shape index (κ1) is 19.1. The number of pyridine rings is 1. The minimum atomic E-state index is -4.76. The Morgan fingerprint density at radius 3 is 2.45 bits per heavy atom. The van der Waals surface area contributed by atoms with Crippen LogP contribution >= 0.6 is 11.3 Å². The summed E-state index contributed by atoms with van der Waals surface area (Å²) >= 11 is 1.30. The highest BCUT2D eigenvalue weighted by molar-refractivity contribution is 7.17. The zero-order valence-corrected chi connectivity index (χ0v) is 15.7. The number of halogens is 3. The number of nitrogens with one attached hydrogen (secondary N) is 1. The highest BCUT2D eigenvalue weighted by Crippen LogP contribution is 2.41. The van der Waals surface area contributed by atoms with Crippen molar-refractivity contribution < 1.29 is 17.9 Å². The zero-order valence-electron chi connectivity index (χ0n) is 14.9. The van der Waals surface area contributed by atoms with E-state index in [1.807, 2.05) is 6.07 Å². The molecule has 0 aliphatic rings. The van der Waals surface area contributed by atoms with Crippen LogP contribution in [0.2, 0.25) is 0 Å². The molecule has 1 atom stereocenters. The normalized spacial score (nSPS) is 13.0. The van der Waals surface area contributed by atoms with Crippen molar-refractivity contribution in [2.75, 3.05) is 7.11 Å². The molecule has 29 heavy (non-hydrogen) atoms. The molecule has 2 heterocycles. The summed E-state index contributed by atoms with van der Waals surface area (Å²) in [5.74, 6) is 0.505. The number of ether oxygens (including phenoxy) is 1. The second-order valence-corrected chi connectivity index (χ2v) is 7.27. The molecule has 2 aromatic heterocycles. The van der Waals surface area contributed by atoms with Crippen molar-refractivity contribution in [2.45, 2.75) is 12.2 Å². The first-order valence-electron chi connectivity index (χ1n) is 8.45. The number of rotatable bonds is 4. The van der Waals surface area contributed by atoms with E-state index in [1.54, 1.807) is 17.5 Å². The predicted octanol–water partition coefficient (Wildman–Crippen LogP) is 5.79. The number of thiophene rings is 1. The number of hydrogen-bond acceptors (Lipinski definition) is 5. The van der Waals surface area contributed by atoms with Gasteiger partial charge in [-0.1, -0.05) is 29.4 Å². The number of aromatic amines is 1. The minimum absolute atomic E-state index is 0.209. The van der Waals surface area contributed by atoms with E-state index in [1.165, 1.54) is 42.7 Å². The minimum Gasteiger partial charge on any atom is -0.496 e. The molecule has 4 rings (SSSR count). The molecule has 0 fully saturated rings. The predicted molar refractivity (Wildman–Crippen MR) is 107 cm³/mol. The Bertz CT molecular complexity index is 1280. The van der Waals surface area contributed by atoms with Gasteiger partial charge in [-0.15, -0.1) is 16.2 Å². The van der Waals surface area contributed by atoms with Crippen LogP contribution in [-0.4, -0.2) is 18.3 Å². The van der Waals surface area contributed by atoms with Gasteiger partial charge in [-0.2, -0.15) is 13.2 Å². The standard InChI is InChI=1S/C20H13F3N2O3S/c1-28-14-7-6-13-16(12-8-9-29-17(12)19(26)24-13)15(14)10-2-4-11(5-3-10)18(25-27)20(21,22)23/h2-9,18H,1H3,(H,24,26). The van der Waals surface area contributed by atoms with Gasteiger partial charge in [-0.05, 0) is 34.7 Å². The van der Waals surface area contributed by atoms with E-state index < -0.39 is 12.2 Å². The van der Waals surface area contributed by atoms with Crippen LogP contribution in [0.15, 0.2) is 57.8 Å². The van der Waals surface area contributed by atoms with E-state index in [-0.39, 0.29) is 11.1 Å². The average molecular weight is 418 g/mol. The second kappa shape index (κ2) is 7.00. The van der Waals surface area contributed by atoms with Crippen LogP contribution in [0.25, 0.3) is 32.1 Å². The molecule has 0 aliphatic heterocycles. The molecule has 0 amide bonds. The number of methoxy groups -OCH3 is 1. The van der Waals surface area contributed by atoms with E-state index in [2.05, 4.69) is 10.2 Å². The number of alkyl halides is 3. The second-order valence-electron chi connectivity index (χ2n) is 6.35. The summed E-state index contributed by atoms with van der Waals surface area (Å²) in [5.41, 5.74) is 1.36. The quantitative estimate of drug-likeness (QED) is 0.427. The van der Waals surface area contributed by atoms with Gasteiger partial charge in [-0.3, -0.25) is 4.79 Å². The van der Waals surface area contributed by atoms with Crippen LogP contribution in [0.5, 0.6) is 5.75 Å². The lowest BCUT2D eigenvalue weighted by atomic mass is 9.95. The van der Waals surface area contributed by atoms with E-state index in [4.69, 9.17) is 4.74 Å². The maximum atomic E-state index is 13.0. The average Bonchev–Trinajstić information content (AvgIpc) is 3.18. The summed E-state index contributed by atoms with van der Waals surface area (Å²) < 4.78 is 45.0. The van der Waals surface area contributed by atoms with Gasteiger partial charge in [0.2, 0.25) is 6.04 Å². The van der Waals surface area contributed by atoms with Crippen LogP contribution in [0.3, 0.4) is 0 Å². The Hall–Kier alpha value is -3.20. The van der Waals surface area contributed by atoms with Gasteiger partial charge in [0.1, 0.15) is 10.4 Å². The molecule has 4 aromatic rings. The Labute approximate surface area is 165 Å². The molecule has 1 N–H and O–H groups in total. The Morgan fingerprint density at radius 2 is 1.83 bits per heavy atom. The fourth-order valence-corrected chi connectivity index (χ4v) is 4.22. The van der Waals surface area contributed by atoms with Crippen LogP contribution in [-0.2, 0) is 0 Å². The molecule has 0 bridgehead atoms. The Balaban J connectivity index is 1.97. The van der Waals surface area contributed by atoms with Crippen molar-refractivity contribution in [3.63, 3.8) is 0 Å². The molecule has 5 nitrogen and oxygen atoms in total. The molecule has 0 saturated carbocycles. The lowest BCUT2D eigenvalue weighted by Crippen LogP contribution is -2.18. The molecule has 2 aromatic carbocycles. The molecule has 0 saturated heterocycles. The van der Waals surface area contributed by atoms with Crippen LogP contribution < -0.4 is 10.3 Å². The number of aromatic nitrogens is 1.